The van der Waals surface area contributed by atoms with E-state index in [2.05, 4.69) is 66.8 Å². The van der Waals surface area contributed by atoms with Gasteiger partial charge in [0.1, 0.15) is 0 Å². The molecule has 2 aromatic carbocycles. The minimum atomic E-state index is 0. The Labute approximate surface area is 150 Å². The van der Waals surface area contributed by atoms with Crippen molar-refractivity contribution in [1.82, 2.24) is 0 Å². The number of fused-ring (bicyclic) bond motifs is 5. The Hall–Kier alpha value is -0.630. The third-order valence-corrected chi connectivity index (χ3v) is 3.64. The molecule has 0 aliphatic heterocycles. The van der Waals surface area contributed by atoms with E-state index in [0.29, 0.717) is 5.92 Å². The van der Waals surface area contributed by atoms with Gasteiger partial charge in [-0.25, -0.2) is 0 Å². The van der Waals surface area contributed by atoms with Crippen LogP contribution in [0.1, 0.15) is 17.0 Å². The maximum atomic E-state index is 3.40. The molecule has 20 heavy (non-hydrogen) atoms. The molecule has 1 unspecified atom stereocenters. The van der Waals surface area contributed by atoms with Crippen molar-refractivity contribution in [2.45, 2.75) is 5.92 Å². The molecule has 2 aromatic rings. The summed E-state index contributed by atoms with van der Waals surface area (Å²) in [6.45, 7) is 0. The summed E-state index contributed by atoms with van der Waals surface area (Å²) in [7, 11) is 0. The molecule has 4 rings (SSSR count). The molecule has 0 N–H and O–H groups in total. The zero-order chi connectivity index (χ0) is 11.2. The third kappa shape index (κ3) is 2.59. The van der Waals surface area contributed by atoms with Gasteiger partial charge < -0.3 is 24.8 Å². The first-order valence-corrected chi connectivity index (χ1v) is 5.93. The molecular weight excluding hydrogens is 454 g/mol. The Morgan fingerprint density at radius 1 is 0.950 bits per heavy atom. The first-order valence-electron chi connectivity index (χ1n) is 5.93. The number of halogens is 2. The SMILES string of the molecule is [C-]1=Cc2c(ccc3ccccc23)C2C=CC=C12.[Cl-].[Cl-].[Hf]. The standard InChI is InChI=1S/C17H11.2ClH.Hf/c1-2-6-14-12(4-1)8-10-17-15-7-3-5-13(15)9-11-16(14)17;;;/h1-8,10-11,15H;2*1H;/q-1;;;/p-2. The van der Waals surface area contributed by atoms with E-state index in [1.165, 1.54) is 27.5 Å². The second-order valence-corrected chi connectivity index (χ2v) is 4.56. The van der Waals surface area contributed by atoms with E-state index < -0.39 is 0 Å². The predicted octanol–water partition coefficient (Wildman–Crippen LogP) is -1.74. The Bertz CT molecular complexity index is 714. The van der Waals surface area contributed by atoms with Crippen molar-refractivity contribution in [3.63, 3.8) is 0 Å². The molecule has 3 heteroatoms. The number of hydrogen-bond acceptors (Lipinski definition) is 0. The van der Waals surface area contributed by atoms with Crippen LogP contribution in [0.15, 0.2) is 60.2 Å². The Morgan fingerprint density at radius 2 is 1.75 bits per heavy atom. The molecular formula is C17H11Cl2Hf-3. The molecule has 2 aliphatic rings. The van der Waals surface area contributed by atoms with Crippen LogP contribution in [0.5, 0.6) is 0 Å². The molecule has 1 atom stereocenters. The van der Waals surface area contributed by atoms with E-state index >= 15 is 0 Å². The minimum absolute atomic E-state index is 0. The fraction of sp³-hybridized carbons (Fsp3) is 0.0588. The molecule has 100 valence electrons. The number of hydrogen-bond donors (Lipinski definition) is 0. The van der Waals surface area contributed by atoms with Crippen LogP contribution in [0.3, 0.4) is 0 Å². The van der Waals surface area contributed by atoms with Crippen LogP contribution in [0, 0.1) is 6.08 Å². The predicted molar refractivity (Wildman–Crippen MR) is 71.6 cm³/mol. The van der Waals surface area contributed by atoms with Gasteiger partial charge in [0.15, 0.2) is 0 Å². The fourth-order valence-corrected chi connectivity index (χ4v) is 2.79. The van der Waals surface area contributed by atoms with Gasteiger partial charge in [0.2, 0.25) is 0 Å². The quantitative estimate of drug-likeness (QED) is 0.321. The molecule has 0 nitrogen and oxygen atoms in total. The molecule has 0 aromatic heterocycles. The van der Waals surface area contributed by atoms with Crippen molar-refractivity contribution >= 4 is 16.8 Å². The van der Waals surface area contributed by atoms with Crippen LogP contribution in [0.25, 0.3) is 16.8 Å². The largest absolute Gasteiger partial charge is 1.00 e. The maximum Gasteiger partial charge on any atom is 0 e. The molecule has 0 spiro atoms. The maximum absolute atomic E-state index is 3.40. The molecule has 0 heterocycles. The van der Waals surface area contributed by atoms with E-state index in [1.807, 2.05) is 0 Å². The summed E-state index contributed by atoms with van der Waals surface area (Å²) in [5.41, 5.74) is 4.02. The van der Waals surface area contributed by atoms with Crippen molar-refractivity contribution in [3.05, 3.63) is 77.4 Å². The van der Waals surface area contributed by atoms with E-state index in [1.54, 1.807) is 0 Å². The van der Waals surface area contributed by atoms with Crippen molar-refractivity contribution < 1.29 is 50.7 Å². The average Bonchev–Trinajstić information content (AvgIpc) is 2.86. The minimum Gasteiger partial charge on any atom is -1.00 e. The van der Waals surface area contributed by atoms with Gasteiger partial charge >= 0.3 is 0 Å². The summed E-state index contributed by atoms with van der Waals surface area (Å²) in [6.07, 6.45) is 12.1. The Balaban J connectivity index is 0.000000667. The second-order valence-electron chi connectivity index (χ2n) is 4.56. The summed E-state index contributed by atoms with van der Waals surface area (Å²) in [6, 6.07) is 13.0. The average molecular weight is 465 g/mol. The third-order valence-electron chi connectivity index (χ3n) is 3.64. The first-order chi connectivity index (χ1) is 8.43. The zero-order valence-corrected chi connectivity index (χ0v) is 15.7. The van der Waals surface area contributed by atoms with Crippen molar-refractivity contribution in [1.29, 1.82) is 0 Å². The topological polar surface area (TPSA) is 0 Å². The van der Waals surface area contributed by atoms with Crippen LogP contribution in [0.2, 0.25) is 0 Å². The smallest absolute Gasteiger partial charge is 0 e. The number of benzene rings is 2. The van der Waals surface area contributed by atoms with E-state index in [0.717, 1.165) is 0 Å². The van der Waals surface area contributed by atoms with Gasteiger partial charge in [-0.1, -0.05) is 53.4 Å². The van der Waals surface area contributed by atoms with Crippen LogP contribution in [-0.2, 0) is 25.8 Å². The van der Waals surface area contributed by atoms with Crippen LogP contribution < -0.4 is 24.8 Å². The van der Waals surface area contributed by atoms with Crippen molar-refractivity contribution in [3.8, 4) is 0 Å². The molecule has 0 saturated heterocycles. The van der Waals surface area contributed by atoms with Gasteiger partial charge in [0.05, 0.1) is 0 Å². The summed E-state index contributed by atoms with van der Waals surface area (Å²) >= 11 is 0. The molecule has 0 saturated carbocycles. The Morgan fingerprint density at radius 3 is 2.60 bits per heavy atom. The van der Waals surface area contributed by atoms with E-state index in [-0.39, 0.29) is 50.7 Å². The summed E-state index contributed by atoms with van der Waals surface area (Å²) in [5.74, 6) is 0.416. The van der Waals surface area contributed by atoms with Gasteiger partial charge in [-0.05, 0) is 11.3 Å². The van der Waals surface area contributed by atoms with Gasteiger partial charge in [-0.3, -0.25) is 0 Å². The van der Waals surface area contributed by atoms with Gasteiger partial charge in [0.25, 0.3) is 0 Å². The molecule has 0 fully saturated rings. The number of allylic oxidation sites excluding steroid dienone is 5. The van der Waals surface area contributed by atoms with Crippen molar-refractivity contribution in [2.24, 2.45) is 0 Å². The zero-order valence-electron chi connectivity index (χ0n) is 10.6. The number of rotatable bonds is 0. The van der Waals surface area contributed by atoms with Gasteiger partial charge in [-0.2, -0.15) is 23.8 Å². The summed E-state index contributed by atoms with van der Waals surface area (Å²) in [5, 5.41) is 2.63. The monoisotopic (exact) mass is 465 g/mol. The van der Waals surface area contributed by atoms with Gasteiger partial charge in [-0.15, -0.1) is 11.6 Å². The van der Waals surface area contributed by atoms with Crippen molar-refractivity contribution in [2.75, 3.05) is 0 Å². The summed E-state index contributed by atoms with van der Waals surface area (Å²) in [4.78, 5) is 0. The summed E-state index contributed by atoms with van der Waals surface area (Å²) < 4.78 is 0. The first kappa shape index (κ1) is 17.4. The van der Waals surface area contributed by atoms with Crippen LogP contribution in [-0.4, -0.2) is 0 Å². The van der Waals surface area contributed by atoms with E-state index in [9.17, 15) is 0 Å². The second kappa shape index (κ2) is 6.89. The van der Waals surface area contributed by atoms with E-state index in [4.69, 9.17) is 0 Å². The van der Waals surface area contributed by atoms with Crippen LogP contribution in [0.4, 0.5) is 0 Å². The van der Waals surface area contributed by atoms with Crippen LogP contribution >= 0.6 is 0 Å². The molecule has 0 radical (unpaired) electrons. The molecule has 0 bridgehead atoms. The molecule has 2 aliphatic carbocycles. The molecule has 0 amide bonds. The van der Waals surface area contributed by atoms with Gasteiger partial charge in [0, 0.05) is 25.8 Å². The fourth-order valence-electron chi connectivity index (χ4n) is 2.79. The Kier molecular flexibility index (Phi) is 6.00. The normalized spacial score (nSPS) is 17.2.